The van der Waals surface area contributed by atoms with Gasteiger partial charge in [0.25, 0.3) is 0 Å². The van der Waals surface area contributed by atoms with Crippen LogP contribution < -0.4 is 0 Å². The van der Waals surface area contributed by atoms with Crippen molar-refractivity contribution in [1.82, 2.24) is 24.1 Å². The van der Waals surface area contributed by atoms with Crippen LogP contribution in [0.5, 0.6) is 0 Å². The summed E-state index contributed by atoms with van der Waals surface area (Å²) in [7, 11) is 0. The van der Waals surface area contributed by atoms with Gasteiger partial charge >= 0.3 is 0 Å². The van der Waals surface area contributed by atoms with Crippen molar-refractivity contribution in [3.8, 4) is 45.5 Å². The molecule has 0 aliphatic carbocycles. The zero-order chi connectivity index (χ0) is 42.7. The number of benzene rings is 8. The van der Waals surface area contributed by atoms with Crippen LogP contribution in [0.1, 0.15) is 8.22 Å². The van der Waals surface area contributed by atoms with Gasteiger partial charge in [0.2, 0.25) is 0 Å². The van der Waals surface area contributed by atoms with Crippen molar-refractivity contribution in [2.24, 2.45) is 0 Å². The third-order valence-electron chi connectivity index (χ3n) is 10.7. The highest BCUT2D eigenvalue weighted by atomic mass is 16.3. The van der Waals surface area contributed by atoms with Gasteiger partial charge in [0.15, 0.2) is 17.5 Å². The van der Waals surface area contributed by atoms with E-state index in [1.807, 2.05) is 97.1 Å². The van der Waals surface area contributed by atoms with Gasteiger partial charge in [-0.15, -0.1) is 0 Å². The van der Waals surface area contributed by atoms with Gasteiger partial charge < -0.3 is 13.6 Å². The quantitative estimate of drug-likeness (QED) is 0.177. The van der Waals surface area contributed by atoms with Crippen LogP contribution in [0.15, 0.2) is 192 Å². The molecule has 6 nitrogen and oxygen atoms in total. The van der Waals surface area contributed by atoms with E-state index in [2.05, 4.69) is 47.0 Å². The van der Waals surface area contributed by atoms with Gasteiger partial charge in [-0.25, -0.2) is 15.0 Å². The largest absolute Gasteiger partial charge is 0.456 e. The van der Waals surface area contributed by atoms with Crippen molar-refractivity contribution < 1.29 is 12.6 Å². The monoisotopic (exact) mass is 735 g/mol. The Bertz CT molecular complexity index is 3780. The summed E-state index contributed by atoms with van der Waals surface area (Å²) in [4.78, 5) is 15.5. The SMILES string of the molecule is [2H]c1cc([2H])c2c(c1[2H])c1c([2H])c([2H])cc([2H])c1n2-c1cccc(-c2nc(-c3ccc4c(c3)oc3ccccc34)nc(-c3ccccc3-n3c4ccccc4c4ccccc43)n2)c1. The summed E-state index contributed by atoms with van der Waals surface area (Å²) in [5.41, 5.74) is 7.62. The lowest BCUT2D eigenvalue weighted by Gasteiger charge is -2.15. The van der Waals surface area contributed by atoms with E-state index in [1.165, 1.54) is 12.1 Å². The number of para-hydroxylation sites is 6. The molecule has 0 atom stereocenters. The molecule has 57 heavy (non-hydrogen) atoms. The number of hydrogen-bond donors (Lipinski definition) is 0. The fraction of sp³-hybridized carbons (Fsp3) is 0. The zero-order valence-electron chi connectivity index (χ0n) is 36.1. The van der Waals surface area contributed by atoms with Crippen molar-refractivity contribution in [2.45, 2.75) is 0 Å². The molecule has 12 aromatic rings. The average molecular weight is 736 g/mol. The molecule has 0 amide bonds. The van der Waals surface area contributed by atoms with E-state index in [1.54, 1.807) is 4.57 Å². The van der Waals surface area contributed by atoms with Gasteiger partial charge in [-0.05, 0) is 66.7 Å². The number of fused-ring (bicyclic) bond motifs is 9. The first kappa shape index (κ1) is 26.1. The Labute approximate surface area is 335 Å². The third-order valence-corrected chi connectivity index (χ3v) is 10.7. The number of nitrogens with zero attached hydrogens (tertiary/aromatic N) is 5. The van der Waals surface area contributed by atoms with E-state index < -0.39 is 0 Å². The number of hydrogen-bond acceptors (Lipinski definition) is 4. The maximum Gasteiger partial charge on any atom is 0.166 e. The molecule has 0 N–H and O–H groups in total. The van der Waals surface area contributed by atoms with Crippen LogP contribution in [0.2, 0.25) is 0 Å². The van der Waals surface area contributed by atoms with Crippen LogP contribution in [0.3, 0.4) is 0 Å². The first-order chi connectivity index (χ1) is 30.7. The maximum atomic E-state index is 9.02. The van der Waals surface area contributed by atoms with Crippen LogP contribution in [-0.4, -0.2) is 24.1 Å². The molecule has 6 heteroatoms. The summed E-state index contributed by atoms with van der Waals surface area (Å²) < 4.78 is 62.9. The Morgan fingerprint density at radius 1 is 0.404 bits per heavy atom. The molecular formula is C51H31N5O. The Balaban J connectivity index is 1.12. The molecule has 0 aliphatic heterocycles. The van der Waals surface area contributed by atoms with Gasteiger partial charge in [-0.3, -0.25) is 0 Å². The van der Waals surface area contributed by atoms with Crippen molar-refractivity contribution in [2.75, 3.05) is 0 Å². The van der Waals surface area contributed by atoms with Crippen molar-refractivity contribution >= 4 is 65.6 Å². The zero-order valence-corrected chi connectivity index (χ0v) is 30.1. The van der Waals surface area contributed by atoms with Crippen LogP contribution >= 0.6 is 0 Å². The molecule has 12 rings (SSSR count). The molecule has 0 bridgehead atoms. The lowest BCUT2D eigenvalue weighted by atomic mass is 10.1. The highest BCUT2D eigenvalue weighted by molar-refractivity contribution is 6.11. The van der Waals surface area contributed by atoms with E-state index >= 15 is 0 Å². The molecule has 4 aromatic heterocycles. The summed E-state index contributed by atoms with van der Waals surface area (Å²) in [6.45, 7) is 0. The molecule has 0 radical (unpaired) electrons. The molecular weight excluding hydrogens is 699 g/mol. The van der Waals surface area contributed by atoms with Gasteiger partial charge in [0.1, 0.15) is 11.2 Å². The van der Waals surface area contributed by atoms with E-state index in [0.717, 1.165) is 55.0 Å². The summed E-state index contributed by atoms with van der Waals surface area (Å²) in [6, 6.07) is 47.9. The second-order valence-electron chi connectivity index (χ2n) is 14.0. The Kier molecular flexibility index (Phi) is 5.64. The summed E-state index contributed by atoms with van der Waals surface area (Å²) >= 11 is 0. The van der Waals surface area contributed by atoms with E-state index in [9.17, 15) is 0 Å². The number of aromatic nitrogens is 5. The van der Waals surface area contributed by atoms with Gasteiger partial charge in [0.05, 0.1) is 36.0 Å². The molecule has 266 valence electrons. The average Bonchev–Trinajstić information content (AvgIpc) is 3.99. The first-order valence-electron chi connectivity index (χ1n) is 21.6. The highest BCUT2D eigenvalue weighted by Crippen LogP contribution is 2.38. The lowest BCUT2D eigenvalue weighted by Crippen LogP contribution is -2.04. The fourth-order valence-electron chi connectivity index (χ4n) is 8.22. The van der Waals surface area contributed by atoms with Crippen molar-refractivity contribution in [3.05, 3.63) is 188 Å². The van der Waals surface area contributed by atoms with Crippen LogP contribution in [0, 0.1) is 0 Å². The Morgan fingerprint density at radius 2 is 1.00 bits per heavy atom. The van der Waals surface area contributed by atoms with Gasteiger partial charge in [0, 0.05) is 54.7 Å². The lowest BCUT2D eigenvalue weighted by molar-refractivity contribution is 0.669. The summed E-state index contributed by atoms with van der Waals surface area (Å²) in [5, 5.41) is 4.61. The van der Waals surface area contributed by atoms with Crippen molar-refractivity contribution in [1.29, 1.82) is 0 Å². The Morgan fingerprint density at radius 3 is 1.74 bits per heavy atom. The predicted octanol–water partition coefficient (Wildman–Crippen LogP) is 13.0. The van der Waals surface area contributed by atoms with Crippen LogP contribution in [-0.2, 0) is 0 Å². The molecule has 0 spiro atoms. The molecule has 0 unspecified atom stereocenters. The molecule has 0 aliphatic rings. The predicted molar refractivity (Wildman–Crippen MR) is 232 cm³/mol. The van der Waals surface area contributed by atoms with Gasteiger partial charge in [-0.2, -0.15) is 0 Å². The van der Waals surface area contributed by atoms with Gasteiger partial charge in [-0.1, -0.05) is 121 Å². The fourth-order valence-corrected chi connectivity index (χ4v) is 8.22. The molecule has 0 saturated heterocycles. The van der Waals surface area contributed by atoms with Crippen LogP contribution in [0.25, 0.3) is 111 Å². The molecule has 8 aromatic carbocycles. The molecule has 4 heterocycles. The standard InChI is InChI=1S/C51H31N5O/c1-7-22-42-35(16-1)36-17-2-8-23-43(36)55(42)34-15-13-14-32(30-34)49-52-50(33-28-29-40-39-20-6-12-27-47(39)57-48(40)31-33)54-51(53-49)41-21-5-11-26-46(41)56-44-24-9-3-18-37(44)38-19-4-10-25-45(38)56/h1-31H/i1D,2D,16D,17D,22D,23D. The topological polar surface area (TPSA) is 61.7 Å². The molecule has 0 saturated carbocycles. The van der Waals surface area contributed by atoms with Crippen LogP contribution in [0.4, 0.5) is 0 Å². The molecule has 0 fully saturated rings. The second-order valence-corrected chi connectivity index (χ2v) is 14.0. The minimum Gasteiger partial charge on any atom is -0.456 e. The second kappa shape index (κ2) is 12.3. The normalized spacial score (nSPS) is 13.3. The van der Waals surface area contributed by atoms with E-state index in [0.29, 0.717) is 34.3 Å². The summed E-state index contributed by atoms with van der Waals surface area (Å²) in [5.74, 6) is 1.22. The highest BCUT2D eigenvalue weighted by Gasteiger charge is 2.20. The first-order valence-corrected chi connectivity index (χ1v) is 18.6. The maximum absolute atomic E-state index is 9.02. The summed E-state index contributed by atoms with van der Waals surface area (Å²) in [6.07, 6.45) is 0. The van der Waals surface area contributed by atoms with E-state index in [-0.39, 0.29) is 58.1 Å². The third kappa shape index (κ3) is 4.87. The number of furan rings is 1. The van der Waals surface area contributed by atoms with Crippen molar-refractivity contribution in [3.63, 3.8) is 0 Å². The number of rotatable bonds is 5. The minimum atomic E-state index is -0.172. The minimum absolute atomic E-state index is 0.0367. The smallest absolute Gasteiger partial charge is 0.166 e. The van der Waals surface area contributed by atoms with E-state index in [4.69, 9.17) is 27.6 Å². The Hall–Kier alpha value is -7.83.